The molecule has 24 heavy (non-hydrogen) atoms. The van der Waals surface area contributed by atoms with Crippen LogP contribution in [0.5, 0.6) is 0 Å². The van der Waals surface area contributed by atoms with Gasteiger partial charge < -0.3 is 9.15 Å². The van der Waals surface area contributed by atoms with Crippen molar-refractivity contribution in [3.63, 3.8) is 0 Å². The molecule has 2 aromatic carbocycles. The van der Waals surface area contributed by atoms with Crippen LogP contribution in [0.25, 0.3) is 28.2 Å². The predicted octanol–water partition coefficient (Wildman–Crippen LogP) is 5.61. The highest BCUT2D eigenvalue weighted by Gasteiger charge is 2.21. The molecule has 3 nitrogen and oxygen atoms in total. The highest BCUT2D eigenvalue weighted by atomic mass is 79.9. The molecule has 1 aliphatic rings. The van der Waals surface area contributed by atoms with E-state index in [1.807, 2.05) is 36.4 Å². The number of benzene rings is 2. The van der Waals surface area contributed by atoms with E-state index in [9.17, 15) is 4.79 Å². The Balaban J connectivity index is 2.03. The molecule has 0 unspecified atom stereocenters. The van der Waals surface area contributed by atoms with Crippen LogP contribution in [-0.4, -0.2) is 13.1 Å². The lowest BCUT2D eigenvalue weighted by atomic mass is 9.92. The van der Waals surface area contributed by atoms with E-state index in [1.54, 1.807) is 6.07 Å². The standard InChI is InChI=1S/C20H15BrO3/c1-23-20(22)16-11-12(21)9-10-13(16)14-6-4-8-18-19(14)15-5-2-3-7-17(15)24-18/h3-4,6-11H,2,5H2,1H3. The Hall–Kier alpha value is -2.33. The zero-order chi connectivity index (χ0) is 16.7. The van der Waals surface area contributed by atoms with Gasteiger partial charge in [-0.05, 0) is 48.2 Å². The van der Waals surface area contributed by atoms with E-state index in [0.717, 1.165) is 45.2 Å². The minimum absolute atomic E-state index is 0.347. The summed E-state index contributed by atoms with van der Waals surface area (Å²) in [5, 5.41) is 1.09. The topological polar surface area (TPSA) is 39.4 Å². The van der Waals surface area contributed by atoms with Crippen molar-refractivity contribution in [2.45, 2.75) is 12.8 Å². The first kappa shape index (κ1) is 15.2. The van der Waals surface area contributed by atoms with Gasteiger partial charge >= 0.3 is 5.97 Å². The molecule has 0 saturated carbocycles. The molecule has 4 heteroatoms. The molecule has 1 heterocycles. The van der Waals surface area contributed by atoms with E-state index in [2.05, 4.69) is 22.0 Å². The molecule has 0 aliphatic heterocycles. The lowest BCUT2D eigenvalue weighted by Crippen LogP contribution is -2.04. The summed E-state index contributed by atoms with van der Waals surface area (Å²) in [7, 11) is 1.40. The van der Waals surface area contributed by atoms with Crippen LogP contribution in [0.15, 0.2) is 51.4 Å². The summed E-state index contributed by atoms with van der Waals surface area (Å²) in [6.45, 7) is 0. The summed E-state index contributed by atoms with van der Waals surface area (Å²) in [6.07, 6.45) is 6.11. The molecule has 0 saturated heterocycles. The number of methoxy groups -OCH3 is 1. The van der Waals surface area contributed by atoms with Gasteiger partial charge in [0.2, 0.25) is 0 Å². The number of halogens is 1. The average Bonchev–Trinajstić information content (AvgIpc) is 2.99. The number of carbonyl (C=O) groups excluding carboxylic acids is 1. The monoisotopic (exact) mass is 382 g/mol. The fraction of sp³-hybridized carbons (Fsp3) is 0.150. The van der Waals surface area contributed by atoms with Gasteiger partial charge in [0.1, 0.15) is 11.3 Å². The maximum Gasteiger partial charge on any atom is 0.338 e. The number of aryl methyl sites for hydroxylation is 1. The lowest BCUT2D eigenvalue weighted by molar-refractivity contribution is 0.0601. The van der Waals surface area contributed by atoms with Gasteiger partial charge in [-0.25, -0.2) is 4.79 Å². The van der Waals surface area contributed by atoms with Crippen molar-refractivity contribution in [3.05, 3.63) is 63.8 Å². The summed E-state index contributed by atoms with van der Waals surface area (Å²) >= 11 is 3.43. The van der Waals surface area contributed by atoms with Crippen molar-refractivity contribution >= 4 is 38.9 Å². The molecule has 0 N–H and O–H groups in total. The van der Waals surface area contributed by atoms with Crippen molar-refractivity contribution in [2.75, 3.05) is 7.11 Å². The second-order valence-electron chi connectivity index (χ2n) is 5.75. The zero-order valence-electron chi connectivity index (χ0n) is 13.1. The fourth-order valence-electron chi connectivity index (χ4n) is 3.29. The number of hydrogen-bond donors (Lipinski definition) is 0. The predicted molar refractivity (Wildman–Crippen MR) is 98.0 cm³/mol. The molecule has 0 amide bonds. The van der Waals surface area contributed by atoms with Crippen LogP contribution < -0.4 is 0 Å². The summed E-state index contributed by atoms with van der Waals surface area (Å²) < 4.78 is 11.8. The maximum atomic E-state index is 12.2. The van der Waals surface area contributed by atoms with Crippen molar-refractivity contribution in [2.24, 2.45) is 0 Å². The number of hydrogen-bond acceptors (Lipinski definition) is 3. The van der Waals surface area contributed by atoms with E-state index in [4.69, 9.17) is 9.15 Å². The molecule has 3 aromatic rings. The van der Waals surface area contributed by atoms with E-state index in [-0.39, 0.29) is 5.97 Å². The van der Waals surface area contributed by atoms with E-state index in [1.165, 1.54) is 12.7 Å². The van der Waals surface area contributed by atoms with Gasteiger partial charge in [-0.2, -0.15) is 0 Å². The highest BCUT2D eigenvalue weighted by molar-refractivity contribution is 9.10. The van der Waals surface area contributed by atoms with E-state index < -0.39 is 0 Å². The second kappa shape index (κ2) is 5.95. The molecule has 0 atom stereocenters. The number of furan rings is 1. The molecule has 1 aromatic heterocycles. The molecule has 0 bridgehead atoms. The maximum absolute atomic E-state index is 12.2. The van der Waals surface area contributed by atoms with Crippen LogP contribution in [-0.2, 0) is 11.2 Å². The average molecular weight is 383 g/mol. The van der Waals surface area contributed by atoms with Crippen LogP contribution >= 0.6 is 15.9 Å². The van der Waals surface area contributed by atoms with Gasteiger partial charge in [0.25, 0.3) is 0 Å². The molecule has 4 rings (SSSR count). The quantitative estimate of drug-likeness (QED) is 0.540. The Labute approximate surface area is 148 Å². The van der Waals surface area contributed by atoms with Crippen LogP contribution in [0.3, 0.4) is 0 Å². The van der Waals surface area contributed by atoms with Gasteiger partial charge in [0.15, 0.2) is 0 Å². The van der Waals surface area contributed by atoms with Gasteiger partial charge in [-0.1, -0.05) is 40.2 Å². The first-order valence-corrected chi connectivity index (χ1v) is 8.57. The first-order chi connectivity index (χ1) is 11.7. The third kappa shape index (κ3) is 2.38. The van der Waals surface area contributed by atoms with Crippen LogP contribution in [0, 0.1) is 0 Å². The minimum Gasteiger partial charge on any atom is -0.465 e. The van der Waals surface area contributed by atoms with Gasteiger partial charge in [0, 0.05) is 15.4 Å². The first-order valence-electron chi connectivity index (χ1n) is 7.78. The Kier molecular flexibility index (Phi) is 3.77. The van der Waals surface area contributed by atoms with E-state index in [0.29, 0.717) is 5.56 Å². The number of ether oxygens (including phenoxy) is 1. The number of allylic oxidation sites excluding steroid dienone is 1. The molecule has 0 fully saturated rings. The largest absolute Gasteiger partial charge is 0.465 e. The normalized spacial score (nSPS) is 13.1. The molecule has 0 radical (unpaired) electrons. The molecule has 1 aliphatic carbocycles. The molecule has 0 spiro atoms. The molecular weight excluding hydrogens is 368 g/mol. The van der Waals surface area contributed by atoms with Crippen molar-refractivity contribution in [1.29, 1.82) is 0 Å². The van der Waals surface area contributed by atoms with Crippen molar-refractivity contribution < 1.29 is 13.9 Å². The third-order valence-electron chi connectivity index (χ3n) is 4.35. The Morgan fingerprint density at radius 3 is 2.92 bits per heavy atom. The van der Waals surface area contributed by atoms with Crippen molar-refractivity contribution in [3.8, 4) is 11.1 Å². The SMILES string of the molecule is COC(=O)c1cc(Br)ccc1-c1cccc2oc3c(c12)CCC=C3. The smallest absolute Gasteiger partial charge is 0.338 e. The van der Waals surface area contributed by atoms with Crippen LogP contribution in [0.2, 0.25) is 0 Å². The number of fused-ring (bicyclic) bond motifs is 3. The van der Waals surface area contributed by atoms with Crippen molar-refractivity contribution in [1.82, 2.24) is 0 Å². The lowest BCUT2D eigenvalue weighted by Gasteiger charge is -2.11. The second-order valence-corrected chi connectivity index (χ2v) is 6.66. The van der Waals surface area contributed by atoms with Crippen LogP contribution in [0.1, 0.15) is 28.1 Å². The van der Waals surface area contributed by atoms with E-state index >= 15 is 0 Å². The van der Waals surface area contributed by atoms with Gasteiger partial charge in [0.05, 0.1) is 12.7 Å². The third-order valence-corrected chi connectivity index (χ3v) is 4.85. The number of carbonyl (C=O) groups is 1. The minimum atomic E-state index is -0.347. The Bertz CT molecular complexity index is 982. The number of rotatable bonds is 2. The molecular formula is C20H15BrO3. The Morgan fingerprint density at radius 1 is 1.21 bits per heavy atom. The fourth-order valence-corrected chi connectivity index (χ4v) is 3.65. The zero-order valence-corrected chi connectivity index (χ0v) is 14.7. The summed E-state index contributed by atoms with van der Waals surface area (Å²) in [5.41, 5.74) is 4.46. The summed E-state index contributed by atoms with van der Waals surface area (Å²) in [6, 6.07) is 11.6. The number of esters is 1. The van der Waals surface area contributed by atoms with Gasteiger partial charge in [-0.3, -0.25) is 0 Å². The molecule has 120 valence electrons. The Morgan fingerprint density at radius 2 is 2.08 bits per heavy atom. The summed E-state index contributed by atoms with van der Waals surface area (Å²) in [5.74, 6) is 0.570. The highest BCUT2D eigenvalue weighted by Crippen LogP contribution is 2.39. The van der Waals surface area contributed by atoms with Crippen LogP contribution in [0.4, 0.5) is 0 Å². The van der Waals surface area contributed by atoms with Gasteiger partial charge in [-0.15, -0.1) is 0 Å². The summed E-state index contributed by atoms with van der Waals surface area (Å²) in [4.78, 5) is 12.2.